The van der Waals surface area contributed by atoms with Gasteiger partial charge in [0.1, 0.15) is 5.41 Å². The first-order chi connectivity index (χ1) is 9.02. The lowest BCUT2D eigenvalue weighted by atomic mass is 9.74. The van der Waals surface area contributed by atoms with Crippen LogP contribution in [0.15, 0.2) is 30.3 Å². The Bertz CT molecular complexity index is 526. The van der Waals surface area contributed by atoms with E-state index in [-0.39, 0.29) is 12.2 Å². The third-order valence-corrected chi connectivity index (χ3v) is 3.61. The molecule has 1 fully saturated rings. The van der Waals surface area contributed by atoms with Gasteiger partial charge in [-0.2, -0.15) is 0 Å². The maximum Gasteiger partial charge on any atom is 0.305 e. The maximum atomic E-state index is 12.5. The van der Waals surface area contributed by atoms with Crippen LogP contribution in [-0.2, 0) is 19.8 Å². The number of carbonyl (C=O) groups is 3. The molecule has 19 heavy (non-hydrogen) atoms. The third-order valence-electron chi connectivity index (χ3n) is 3.61. The van der Waals surface area contributed by atoms with Crippen molar-refractivity contribution < 1.29 is 19.5 Å². The zero-order valence-electron chi connectivity index (χ0n) is 10.6. The summed E-state index contributed by atoms with van der Waals surface area (Å²) in [5.74, 6) is -1.86. The van der Waals surface area contributed by atoms with E-state index in [0.717, 1.165) is 0 Å². The van der Waals surface area contributed by atoms with Crippen LogP contribution in [0, 0.1) is 0 Å². The van der Waals surface area contributed by atoms with Crippen molar-refractivity contribution in [3.63, 3.8) is 0 Å². The molecule has 1 aromatic rings. The first-order valence-electron chi connectivity index (χ1n) is 6.15. The monoisotopic (exact) mass is 261 g/mol. The second kappa shape index (κ2) is 4.84. The summed E-state index contributed by atoms with van der Waals surface area (Å²) < 4.78 is 0. The van der Waals surface area contributed by atoms with Gasteiger partial charge >= 0.3 is 5.97 Å². The molecule has 0 radical (unpaired) electrons. The molecular weight excluding hydrogens is 246 g/mol. The highest BCUT2D eigenvalue weighted by Crippen LogP contribution is 2.35. The molecule has 2 rings (SSSR count). The number of rotatable bonds is 4. The number of carboxylic acid groups (broad SMARTS) is 1. The summed E-state index contributed by atoms with van der Waals surface area (Å²) >= 11 is 0. The first-order valence-corrected chi connectivity index (χ1v) is 6.15. The zero-order valence-corrected chi connectivity index (χ0v) is 10.6. The van der Waals surface area contributed by atoms with Crippen molar-refractivity contribution in [1.82, 2.24) is 5.32 Å². The van der Waals surface area contributed by atoms with Gasteiger partial charge in [-0.3, -0.25) is 14.4 Å². The van der Waals surface area contributed by atoms with Crippen molar-refractivity contribution >= 4 is 17.7 Å². The van der Waals surface area contributed by atoms with Crippen molar-refractivity contribution in [2.75, 3.05) is 0 Å². The SMILES string of the molecule is CCC1(c2ccccc2)C(=O)N[C@@H](CC(=O)O)C1=O. The van der Waals surface area contributed by atoms with Crippen LogP contribution >= 0.6 is 0 Å². The molecule has 0 bridgehead atoms. The zero-order chi connectivity index (χ0) is 14.0. The quantitative estimate of drug-likeness (QED) is 0.788. The van der Waals surface area contributed by atoms with Crippen LogP contribution in [0.4, 0.5) is 0 Å². The molecule has 1 unspecified atom stereocenters. The van der Waals surface area contributed by atoms with Crippen LogP contribution < -0.4 is 5.32 Å². The van der Waals surface area contributed by atoms with Crippen molar-refractivity contribution in [3.05, 3.63) is 35.9 Å². The minimum Gasteiger partial charge on any atom is -0.481 e. The number of amides is 1. The molecule has 1 heterocycles. The van der Waals surface area contributed by atoms with Gasteiger partial charge in [0.25, 0.3) is 0 Å². The minimum absolute atomic E-state index is 0.317. The summed E-state index contributed by atoms with van der Waals surface area (Å²) in [5, 5.41) is 11.3. The number of benzene rings is 1. The molecule has 1 amide bonds. The fraction of sp³-hybridized carbons (Fsp3) is 0.357. The van der Waals surface area contributed by atoms with E-state index >= 15 is 0 Å². The second-order valence-electron chi connectivity index (χ2n) is 4.61. The molecule has 0 saturated carbocycles. The van der Waals surface area contributed by atoms with Gasteiger partial charge in [0, 0.05) is 0 Å². The molecule has 1 aromatic carbocycles. The largest absolute Gasteiger partial charge is 0.481 e. The molecule has 100 valence electrons. The Kier molecular flexibility index (Phi) is 3.38. The van der Waals surface area contributed by atoms with Gasteiger partial charge in [-0.1, -0.05) is 37.3 Å². The molecule has 2 N–H and O–H groups in total. The van der Waals surface area contributed by atoms with Gasteiger partial charge in [0.15, 0.2) is 5.78 Å². The number of ketones is 1. The average Bonchev–Trinajstić information content (AvgIpc) is 2.62. The van der Waals surface area contributed by atoms with E-state index in [0.29, 0.717) is 12.0 Å². The number of carboxylic acids is 1. The highest BCUT2D eigenvalue weighted by Gasteiger charge is 2.54. The van der Waals surface area contributed by atoms with Gasteiger partial charge in [-0.15, -0.1) is 0 Å². The van der Waals surface area contributed by atoms with Gasteiger partial charge < -0.3 is 10.4 Å². The number of hydrogen-bond acceptors (Lipinski definition) is 3. The first kappa shape index (κ1) is 13.3. The number of hydrogen-bond donors (Lipinski definition) is 2. The topological polar surface area (TPSA) is 83.5 Å². The summed E-state index contributed by atoms with van der Waals surface area (Å²) in [6, 6.07) is 7.84. The van der Waals surface area contributed by atoms with Crippen LogP contribution in [0.25, 0.3) is 0 Å². The molecular formula is C14H15NO4. The van der Waals surface area contributed by atoms with E-state index in [1.54, 1.807) is 37.3 Å². The van der Waals surface area contributed by atoms with Crippen molar-refractivity contribution in [3.8, 4) is 0 Å². The molecule has 5 nitrogen and oxygen atoms in total. The van der Waals surface area contributed by atoms with Gasteiger partial charge in [0.2, 0.25) is 5.91 Å². The number of aliphatic carboxylic acids is 1. The molecule has 1 aliphatic heterocycles. The molecule has 1 aliphatic rings. The van der Waals surface area contributed by atoms with E-state index < -0.39 is 23.3 Å². The Hall–Kier alpha value is -2.17. The van der Waals surface area contributed by atoms with Crippen molar-refractivity contribution in [2.24, 2.45) is 0 Å². The standard InChI is InChI=1S/C14H15NO4/c1-2-14(9-6-4-3-5-7-9)12(18)10(8-11(16)17)15-13(14)19/h3-7,10H,2,8H2,1H3,(H,15,19)(H,16,17)/t10-,14?/m0/s1. The average molecular weight is 261 g/mol. The summed E-state index contributed by atoms with van der Waals surface area (Å²) in [6.07, 6.45) is -0.0586. The summed E-state index contributed by atoms with van der Waals surface area (Å²) in [5.41, 5.74) is -0.630. The smallest absolute Gasteiger partial charge is 0.305 e. The predicted octanol–water partition coefficient (Wildman–Crippen LogP) is 0.877. The van der Waals surface area contributed by atoms with Crippen LogP contribution in [0.5, 0.6) is 0 Å². The lowest BCUT2D eigenvalue weighted by Crippen LogP contribution is -2.39. The fourth-order valence-electron chi connectivity index (χ4n) is 2.61. The van der Waals surface area contributed by atoms with Gasteiger partial charge in [-0.05, 0) is 12.0 Å². The van der Waals surface area contributed by atoms with Crippen molar-refractivity contribution in [1.29, 1.82) is 0 Å². The number of carbonyl (C=O) groups excluding carboxylic acids is 2. The lowest BCUT2D eigenvalue weighted by molar-refractivity contribution is -0.139. The summed E-state index contributed by atoms with van der Waals surface area (Å²) in [6.45, 7) is 1.76. The Morgan fingerprint density at radius 3 is 2.47 bits per heavy atom. The second-order valence-corrected chi connectivity index (χ2v) is 4.61. The predicted molar refractivity (Wildman–Crippen MR) is 67.6 cm³/mol. The van der Waals surface area contributed by atoms with Gasteiger partial charge in [-0.25, -0.2) is 0 Å². The molecule has 0 aliphatic carbocycles. The van der Waals surface area contributed by atoms with E-state index in [1.165, 1.54) is 0 Å². The highest BCUT2D eigenvalue weighted by molar-refractivity contribution is 6.20. The Morgan fingerprint density at radius 1 is 1.32 bits per heavy atom. The van der Waals surface area contributed by atoms with Crippen LogP contribution in [0.1, 0.15) is 25.3 Å². The number of Topliss-reactive ketones (excluding diaryl/α,β-unsaturated/α-hetero) is 1. The summed E-state index contributed by atoms with van der Waals surface area (Å²) in [4.78, 5) is 35.4. The third kappa shape index (κ3) is 2.01. The lowest BCUT2D eigenvalue weighted by Gasteiger charge is -2.23. The van der Waals surface area contributed by atoms with Crippen LogP contribution in [-0.4, -0.2) is 28.8 Å². The van der Waals surface area contributed by atoms with E-state index in [9.17, 15) is 14.4 Å². The Balaban J connectivity index is 2.43. The molecule has 1 saturated heterocycles. The molecule has 5 heteroatoms. The molecule has 0 aromatic heterocycles. The highest BCUT2D eigenvalue weighted by atomic mass is 16.4. The molecule has 2 atom stereocenters. The Morgan fingerprint density at radius 2 is 1.95 bits per heavy atom. The molecule has 0 spiro atoms. The summed E-state index contributed by atoms with van der Waals surface area (Å²) in [7, 11) is 0. The van der Waals surface area contributed by atoms with Crippen LogP contribution in [0.3, 0.4) is 0 Å². The van der Waals surface area contributed by atoms with E-state index in [4.69, 9.17) is 5.11 Å². The van der Waals surface area contributed by atoms with E-state index in [1.807, 2.05) is 0 Å². The minimum atomic E-state index is -1.25. The van der Waals surface area contributed by atoms with Gasteiger partial charge in [0.05, 0.1) is 12.5 Å². The Labute approximate surface area is 110 Å². The number of nitrogens with one attached hydrogen (secondary N) is 1. The van der Waals surface area contributed by atoms with Crippen LogP contribution in [0.2, 0.25) is 0 Å². The fourth-order valence-corrected chi connectivity index (χ4v) is 2.61. The normalized spacial score (nSPS) is 26.3. The van der Waals surface area contributed by atoms with E-state index in [2.05, 4.69) is 5.32 Å². The maximum absolute atomic E-state index is 12.5. The van der Waals surface area contributed by atoms with Crippen molar-refractivity contribution in [2.45, 2.75) is 31.2 Å².